The van der Waals surface area contributed by atoms with Crippen molar-refractivity contribution in [1.29, 1.82) is 0 Å². The number of pyridine rings is 2. The van der Waals surface area contributed by atoms with Crippen LogP contribution >= 0.6 is 0 Å². The van der Waals surface area contributed by atoms with Crippen molar-refractivity contribution < 1.29 is 27.4 Å². The van der Waals surface area contributed by atoms with E-state index in [-0.39, 0.29) is 18.6 Å². The van der Waals surface area contributed by atoms with Crippen LogP contribution in [0.25, 0.3) is 0 Å². The van der Waals surface area contributed by atoms with Gasteiger partial charge >= 0.3 is 6.36 Å². The fourth-order valence-corrected chi connectivity index (χ4v) is 3.25. The molecule has 1 unspecified atom stereocenters. The summed E-state index contributed by atoms with van der Waals surface area (Å²) in [6.07, 6.45) is 0.642. The lowest BCUT2D eigenvalue weighted by Gasteiger charge is -2.20. The Balaban J connectivity index is 1.45. The second kappa shape index (κ2) is 7.69. The van der Waals surface area contributed by atoms with Gasteiger partial charge in [0.15, 0.2) is 17.8 Å². The number of rotatable bonds is 4. The lowest BCUT2D eigenvalue weighted by atomic mass is 10.0. The highest BCUT2D eigenvalue weighted by atomic mass is 19.4. The summed E-state index contributed by atoms with van der Waals surface area (Å²) in [4.78, 5) is 22.8. The number of anilines is 2. The third kappa shape index (κ3) is 4.22. The number of alkyl halides is 3. The van der Waals surface area contributed by atoms with Gasteiger partial charge in [0.2, 0.25) is 0 Å². The van der Waals surface area contributed by atoms with Gasteiger partial charge in [-0.1, -0.05) is 6.08 Å². The maximum Gasteiger partial charge on any atom is 0.572 e. The van der Waals surface area contributed by atoms with Gasteiger partial charge in [-0.25, -0.2) is 9.97 Å². The molecule has 10 heteroatoms. The van der Waals surface area contributed by atoms with Crippen molar-refractivity contribution in [3.63, 3.8) is 0 Å². The van der Waals surface area contributed by atoms with Crippen LogP contribution in [-0.4, -0.2) is 29.3 Å². The molecule has 2 aromatic heterocycles. The molecule has 0 saturated carbocycles. The number of hydrogen-bond donors (Lipinski definition) is 1. The molecule has 1 atom stereocenters. The van der Waals surface area contributed by atoms with E-state index in [9.17, 15) is 18.0 Å². The van der Waals surface area contributed by atoms with Crippen LogP contribution in [0.3, 0.4) is 0 Å². The van der Waals surface area contributed by atoms with Gasteiger partial charge in [-0.15, -0.1) is 13.2 Å². The van der Waals surface area contributed by atoms with Crippen LogP contribution in [0.1, 0.15) is 24.6 Å². The van der Waals surface area contributed by atoms with Gasteiger partial charge in [0.1, 0.15) is 11.6 Å². The van der Waals surface area contributed by atoms with E-state index in [1.54, 1.807) is 30.6 Å². The van der Waals surface area contributed by atoms with Gasteiger partial charge < -0.3 is 19.7 Å². The monoisotopic (exact) mass is 418 g/mol. The molecule has 0 bridgehead atoms. The molecule has 4 rings (SSSR count). The van der Waals surface area contributed by atoms with Gasteiger partial charge in [0, 0.05) is 37.0 Å². The summed E-state index contributed by atoms with van der Waals surface area (Å²) in [5.41, 5.74) is 1.10. The molecule has 0 fully saturated rings. The smallest absolute Gasteiger partial charge is 0.462 e. The molecular formula is C20H17F3N4O3. The average Bonchev–Trinajstić information content (AvgIpc) is 3.04. The van der Waals surface area contributed by atoms with E-state index in [1.807, 2.05) is 18.0 Å². The number of carbonyl (C=O) groups excluding carboxylic acids is 1. The summed E-state index contributed by atoms with van der Waals surface area (Å²) in [5, 5.41) is 2.67. The summed E-state index contributed by atoms with van der Waals surface area (Å²) in [6.45, 7) is 0. The SMILES string of the molecule is CN1c2ncccc2OC1c1ccnc(NC(=O)C2=CC=C(OC(F)(F)F)CC2)c1. The number of amides is 1. The van der Waals surface area contributed by atoms with E-state index in [1.165, 1.54) is 6.08 Å². The van der Waals surface area contributed by atoms with Crippen LogP contribution in [0.4, 0.5) is 24.8 Å². The van der Waals surface area contributed by atoms with Crippen molar-refractivity contribution in [2.75, 3.05) is 17.3 Å². The Morgan fingerprint density at radius 3 is 2.77 bits per heavy atom. The molecule has 1 aliphatic heterocycles. The number of halogens is 3. The molecule has 0 aromatic carbocycles. The molecule has 30 heavy (non-hydrogen) atoms. The Hall–Kier alpha value is -3.56. The summed E-state index contributed by atoms with van der Waals surface area (Å²) >= 11 is 0. The van der Waals surface area contributed by atoms with Gasteiger partial charge in [-0.05, 0) is 36.8 Å². The molecule has 2 aromatic rings. The first-order chi connectivity index (χ1) is 14.3. The van der Waals surface area contributed by atoms with Crippen LogP contribution in [0.5, 0.6) is 5.75 Å². The molecule has 3 heterocycles. The molecule has 2 aliphatic rings. The lowest BCUT2D eigenvalue weighted by molar-refractivity contribution is -0.306. The minimum atomic E-state index is -4.74. The van der Waals surface area contributed by atoms with Crippen molar-refractivity contribution in [3.05, 3.63) is 65.7 Å². The number of aromatic nitrogens is 2. The Kier molecular flexibility index (Phi) is 5.06. The Morgan fingerprint density at radius 1 is 1.23 bits per heavy atom. The van der Waals surface area contributed by atoms with Crippen molar-refractivity contribution in [2.45, 2.75) is 25.4 Å². The highest BCUT2D eigenvalue weighted by Crippen LogP contribution is 2.40. The van der Waals surface area contributed by atoms with Crippen molar-refractivity contribution in [3.8, 4) is 5.75 Å². The number of nitrogens with one attached hydrogen (secondary N) is 1. The molecule has 156 valence electrons. The minimum absolute atomic E-state index is 0.0157. The van der Waals surface area contributed by atoms with E-state index in [2.05, 4.69) is 20.0 Å². The zero-order valence-electron chi connectivity index (χ0n) is 15.8. The van der Waals surface area contributed by atoms with E-state index < -0.39 is 18.5 Å². The predicted molar refractivity (Wildman–Crippen MR) is 101 cm³/mol. The number of nitrogens with zero attached hydrogens (tertiary/aromatic N) is 3. The van der Waals surface area contributed by atoms with Gasteiger partial charge in [0.05, 0.1) is 0 Å². The summed E-state index contributed by atoms with van der Waals surface area (Å²) < 4.78 is 46.6. The highest BCUT2D eigenvalue weighted by Gasteiger charge is 2.33. The summed E-state index contributed by atoms with van der Waals surface area (Å²) in [6, 6.07) is 7.06. The zero-order valence-corrected chi connectivity index (χ0v) is 15.8. The maximum absolute atomic E-state index is 12.5. The predicted octanol–water partition coefficient (Wildman–Crippen LogP) is 4.08. The number of fused-ring (bicyclic) bond motifs is 1. The van der Waals surface area contributed by atoms with Gasteiger partial charge in [-0.2, -0.15) is 0 Å². The van der Waals surface area contributed by atoms with E-state index in [0.29, 0.717) is 23.0 Å². The summed E-state index contributed by atoms with van der Waals surface area (Å²) in [7, 11) is 1.85. The normalized spacial score (nSPS) is 18.1. The Bertz CT molecular complexity index is 1040. The quantitative estimate of drug-likeness (QED) is 0.806. The Morgan fingerprint density at radius 2 is 2.07 bits per heavy atom. The second-order valence-corrected chi connectivity index (χ2v) is 6.71. The van der Waals surface area contributed by atoms with E-state index >= 15 is 0 Å². The molecule has 7 nitrogen and oxygen atoms in total. The largest absolute Gasteiger partial charge is 0.572 e. The van der Waals surface area contributed by atoms with Crippen molar-refractivity contribution >= 4 is 17.5 Å². The standard InChI is InChI=1S/C20H17F3N4O3/c1-27-17-15(3-2-9-25-17)29-19(27)13-8-10-24-16(11-13)26-18(28)12-4-6-14(7-5-12)30-20(21,22)23/h2-4,6,8-11,19H,5,7H2,1H3,(H,24,26,28). The van der Waals surface area contributed by atoms with Crippen molar-refractivity contribution in [1.82, 2.24) is 9.97 Å². The van der Waals surface area contributed by atoms with Crippen LogP contribution in [0, 0.1) is 0 Å². The number of ether oxygens (including phenoxy) is 2. The van der Waals surface area contributed by atoms with E-state index in [0.717, 1.165) is 11.6 Å². The second-order valence-electron chi connectivity index (χ2n) is 6.71. The Labute approximate surface area is 169 Å². The van der Waals surface area contributed by atoms with Crippen molar-refractivity contribution in [2.24, 2.45) is 0 Å². The molecule has 1 N–H and O–H groups in total. The third-order valence-corrected chi connectivity index (χ3v) is 4.64. The first kappa shape index (κ1) is 19.7. The van der Waals surface area contributed by atoms with E-state index in [4.69, 9.17) is 4.74 Å². The number of allylic oxidation sites excluding steroid dienone is 3. The fourth-order valence-electron chi connectivity index (χ4n) is 3.25. The maximum atomic E-state index is 12.5. The zero-order chi connectivity index (χ0) is 21.3. The minimum Gasteiger partial charge on any atom is -0.462 e. The van der Waals surface area contributed by atoms with Crippen LogP contribution in [0.15, 0.2) is 60.1 Å². The first-order valence-corrected chi connectivity index (χ1v) is 9.07. The van der Waals surface area contributed by atoms with Crippen LogP contribution < -0.4 is 15.0 Å². The lowest BCUT2D eigenvalue weighted by Crippen LogP contribution is -2.23. The number of hydrogen-bond acceptors (Lipinski definition) is 6. The van der Waals surface area contributed by atoms with Crippen LogP contribution in [-0.2, 0) is 9.53 Å². The molecule has 1 amide bonds. The molecule has 0 spiro atoms. The summed E-state index contributed by atoms with van der Waals surface area (Å²) in [5.74, 6) is 1.01. The first-order valence-electron chi connectivity index (χ1n) is 9.07. The van der Waals surface area contributed by atoms with Crippen LogP contribution in [0.2, 0.25) is 0 Å². The number of carbonyl (C=O) groups is 1. The highest BCUT2D eigenvalue weighted by molar-refractivity contribution is 6.03. The molecular weight excluding hydrogens is 401 g/mol. The topological polar surface area (TPSA) is 76.6 Å². The average molecular weight is 418 g/mol. The molecule has 0 saturated heterocycles. The molecule has 1 aliphatic carbocycles. The van der Waals surface area contributed by atoms with Gasteiger partial charge in [0.25, 0.3) is 5.91 Å². The molecule has 0 radical (unpaired) electrons. The fraction of sp³-hybridized carbons (Fsp3) is 0.250. The third-order valence-electron chi connectivity index (χ3n) is 4.64. The van der Waals surface area contributed by atoms with Gasteiger partial charge in [-0.3, -0.25) is 4.79 Å².